The SMILES string of the molecule is C[C@@H]1COCCN1c1cc(C(C)(C)C#N)c2snc(-c3ccn[nH]3)c2n1. The Bertz CT molecular complexity index is 972. The van der Waals surface area contributed by atoms with Crippen molar-refractivity contribution in [3.8, 4) is 17.5 Å². The van der Waals surface area contributed by atoms with Crippen molar-refractivity contribution in [3.05, 3.63) is 23.9 Å². The van der Waals surface area contributed by atoms with E-state index in [-0.39, 0.29) is 6.04 Å². The topological polar surface area (TPSA) is 90.7 Å². The molecule has 0 aromatic carbocycles. The first kappa shape index (κ1) is 16.9. The van der Waals surface area contributed by atoms with E-state index in [4.69, 9.17) is 9.72 Å². The fourth-order valence-electron chi connectivity index (χ4n) is 3.21. The summed E-state index contributed by atoms with van der Waals surface area (Å²) >= 11 is 1.38. The summed E-state index contributed by atoms with van der Waals surface area (Å²) in [6, 6.07) is 6.58. The molecule has 3 aromatic heterocycles. The van der Waals surface area contributed by atoms with Crippen molar-refractivity contribution in [3.63, 3.8) is 0 Å². The minimum absolute atomic E-state index is 0.231. The Morgan fingerprint density at radius 3 is 3.00 bits per heavy atom. The number of nitriles is 1. The summed E-state index contributed by atoms with van der Waals surface area (Å²) in [5.74, 6) is 0.868. The smallest absolute Gasteiger partial charge is 0.130 e. The van der Waals surface area contributed by atoms with E-state index < -0.39 is 5.41 Å². The van der Waals surface area contributed by atoms with Crippen molar-refractivity contribution in [1.82, 2.24) is 19.6 Å². The van der Waals surface area contributed by atoms with Gasteiger partial charge >= 0.3 is 0 Å². The summed E-state index contributed by atoms with van der Waals surface area (Å²) in [6.07, 6.45) is 1.70. The second-order valence-corrected chi connectivity index (χ2v) is 7.83. The quantitative estimate of drug-likeness (QED) is 0.764. The van der Waals surface area contributed by atoms with Crippen molar-refractivity contribution in [2.45, 2.75) is 32.2 Å². The van der Waals surface area contributed by atoms with Gasteiger partial charge in [-0.3, -0.25) is 5.10 Å². The number of anilines is 1. The fraction of sp³-hybridized carbons (Fsp3) is 0.444. The highest BCUT2D eigenvalue weighted by atomic mass is 32.1. The lowest BCUT2D eigenvalue weighted by molar-refractivity contribution is 0.0985. The van der Waals surface area contributed by atoms with Crippen LogP contribution in [0.25, 0.3) is 21.6 Å². The molecule has 1 aliphatic rings. The zero-order valence-corrected chi connectivity index (χ0v) is 15.8. The van der Waals surface area contributed by atoms with Crippen LogP contribution in [0.1, 0.15) is 26.3 Å². The van der Waals surface area contributed by atoms with Crippen LogP contribution in [0.5, 0.6) is 0 Å². The van der Waals surface area contributed by atoms with E-state index in [1.165, 1.54) is 11.5 Å². The number of nitrogens with one attached hydrogen (secondary N) is 1. The van der Waals surface area contributed by atoms with Crippen molar-refractivity contribution in [2.75, 3.05) is 24.7 Å². The number of rotatable bonds is 3. The third-order valence-corrected chi connectivity index (χ3v) is 5.65. The third-order valence-electron chi connectivity index (χ3n) is 4.78. The van der Waals surface area contributed by atoms with Crippen molar-refractivity contribution in [1.29, 1.82) is 5.26 Å². The number of H-pyrrole nitrogens is 1. The second kappa shape index (κ2) is 6.34. The van der Waals surface area contributed by atoms with Crippen LogP contribution in [-0.4, -0.2) is 45.4 Å². The molecule has 0 amide bonds. The Morgan fingerprint density at radius 2 is 2.31 bits per heavy atom. The highest BCUT2D eigenvalue weighted by Crippen LogP contribution is 2.38. The highest BCUT2D eigenvalue weighted by molar-refractivity contribution is 7.13. The maximum Gasteiger partial charge on any atom is 0.130 e. The van der Waals surface area contributed by atoms with Crippen LogP contribution < -0.4 is 4.90 Å². The van der Waals surface area contributed by atoms with Gasteiger partial charge in [0.15, 0.2) is 0 Å². The maximum atomic E-state index is 9.71. The molecule has 8 heteroatoms. The van der Waals surface area contributed by atoms with Crippen molar-refractivity contribution < 1.29 is 4.74 Å². The number of aromatic nitrogens is 4. The van der Waals surface area contributed by atoms with Gasteiger partial charge in [0.25, 0.3) is 0 Å². The number of aromatic amines is 1. The number of morpholine rings is 1. The lowest BCUT2D eigenvalue weighted by atomic mass is 9.86. The molecule has 7 nitrogen and oxygen atoms in total. The van der Waals surface area contributed by atoms with Crippen molar-refractivity contribution in [2.24, 2.45) is 0 Å². The first-order chi connectivity index (χ1) is 12.5. The molecule has 4 heterocycles. The zero-order chi connectivity index (χ0) is 18.3. The predicted octanol–water partition coefficient (Wildman–Crippen LogP) is 3.11. The van der Waals surface area contributed by atoms with Gasteiger partial charge in [-0.05, 0) is 50.0 Å². The van der Waals surface area contributed by atoms with E-state index in [0.717, 1.165) is 39.5 Å². The third kappa shape index (κ3) is 2.73. The van der Waals surface area contributed by atoms with Crippen LogP contribution in [-0.2, 0) is 10.2 Å². The molecule has 134 valence electrons. The summed E-state index contributed by atoms with van der Waals surface area (Å²) in [5.41, 5.74) is 2.75. The Kier molecular flexibility index (Phi) is 4.13. The molecule has 0 radical (unpaired) electrons. The molecule has 4 rings (SSSR count). The molecule has 0 aliphatic carbocycles. The van der Waals surface area contributed by atoms with Gasteiger partial charge in [0.1, 0.15) is 17.0 Å². The first-order valence-electron chi connectivity index (χ1n) is 8.57. The molecular formula is C18H20N6OS. The molecule has 0 unspecified atom stereocenters. The molecule has 0 bridgehead atoms. The summed E-state index contributed by atoms with van der Waals surface area (Å²) in [5, 5.41) is 16.7. The van der Waals surface area contributed by atoms with Crippen LogP contribution in [0.4, 0.5) is 5.82 Å². The number of hydrogen-bond donors (Lipinski definition) is 1. The van der Waals surface area contributed by atoms with Gasteiger partial charge in [0.2, 0.25) is 0 Å². The molecule has 0 saturated carbocycles. The number of ether oxygens (including phenoxy) is 1. The van der Waals surface area contributed by atoms with Gasteiger partial charge in [-0.2, -0.15) is 14.7 Å². The van der Waals surface area contributed by atoms with Gasteiger partial charge in [-0.1, -0.05) is 0 Å². The van der Waals surface area contributed by atoms with E-state index in [1.807, 2.05) is 26.0 Å². The maximum absolute atomic E-state index is 9.71. The molecule has 1 fully saturated rings. The predicted molar refractivity (Wildman–Crippen MR) is 101 cm³/mol. The van der Waals surface area contributed by atoms with Gasteiger partial charge in [0, 0.05) is 12.7 Å². The first-order valence-corrected chi connectivity index (χ1v) is 9.35. The summed E-state index contributed by atoms with van der Waals surface area (Å²) < 4.78 is 11.1. The lowest BCUT2D eigenvalue weighted by Gasteiger charge is -2.35. The minimum atomic E-state index is -0.636. The Morgan fingerprint density at radius 1 is 1.46 bits per heavy atom. The van der Waals surface area contributed by atoms with E-state index in [9.17, 15) is 5.26 Å². The van der Waals surface area contributed by atoms with Gasteiger partial charge in [-0.15, -0.1) is 0 Å². The zero-order valence-electron chi connectivity index (χ0n) is 15.0. The van der Waals surface area contributed by atoms with Crippen LogP contribution >= 0.6 is 11.5 Å². The van der Waals surface area contributed by atoms with Crippen LogP contribution in [0, 0.1) is 11.3 Å². The summed E-state index contributed by atoms with van der Waals surface area (Å²) in [6.45, 7) is 8.13. The van der Waals surface area contributed by atoms with Crippen LogP contribution in [0.2, 0.25) is 0 Å². The van der Waals surface area contributed by atoms with Gasteiger partial charge in [0.05, 0.1) is 41.1 Å². The number of hydrogen-bond acceptors (Lipinski definition) is 7. The monoisotopic (exact) mass is 368 g/mol. The average Bonchev–Trinajstić information content (AvgIpc) is 3.30. The van der Waals surface area contributed by atoms with E-state index in [1.54, 1.807) is 6.20 Å². The number of nitrogens with zero attached hydrogens (tertiary/aromatic N) is 5. The molecule has 26 heavy (non-hydrogen) atoms. The Labute approximate surface area is 155 Å². The average molecular weight is 368 g/mol. The van der Waals surface area contributed by atoms with Crippen LogP contribution in [0.15, 0.2) is 18.3 Å². The lowest BCUT2D eigenvalue weighted by Crippen LogP contribution is -2.44. The van der Waals surface area contributed by atoms with Gasteiger partial charge in [-0.25, -0.2) is 4.98 Å². The molecule has 1 N–H and O–H groups in total. The molecule has 3 aromatic rings. The molecule has 0 spiro atoms. The Balaban J connectivity index is 1.96. The fourth-order valence-corrected chi connectivity index (χ4v) is 4.22. The molecular weight excluding hydrogens is 348 g/mol. The van der Waals surface area contributed by atoms with Crippen molar-refractivity contribution >= 4 is 27.6 Å². The van der Waals surface area contributed by atoms with E-state index in [0.29, 0.717) is 13.2 Å². The van der Waals surface area contributed by atoms with E-state index in [2.05, 4.69) is 32.5 Å². The minimum Gasteiger partial charge on any atom is -0.377 e. The molecule has 1 aliphatic heterocycles. The highest BCUT2D eigenvalue weighted by Gasteiger charge is 2.29. The summed E-state index contributed by atoms with van der Waals surface area (Å²) in [4.78, 5) is 7.18. The standard InChI is InChI=1S/C18H20N6OS/c1-11-9-25-7-6-24(11)14-8-12(18(2,3)10-19)17-16(21-14)15(23-26-17)13-4-5-20-22-13/h4-5,8,11H,6-7,9H2,1-3H3,(H,20,22)/t11-/m1/s1. The number of fused-ring (bicyclic) bond motifs is 1. The summed E-state index contributed by atoms with van der Waals surface area (Å²) in [7, 11) is 0. The molecule has 1 atom stereocenters. The number of pyridine rings is 1. The second-order valence-electron chi connectivity index (χ2n) is 7.06. The Hall–Kier alpha value is -2.50. The van der Waals surface area contributed by atoms with E-state index >= 15 is 0 Å². The van der Waals surface area contributed by atoms with Crippen LogP contribution in [0.3, 0.4) is 0 Å². The largest absolute Gasteiger partial charge is 0.377 e. The normalized spacial score (nSPS) is 18.2. The molecule has 1 saturated heterocycles. The van der Waals surface area contributed by atoms with Gasteiger partial charge < -0.3 is 9.64 Å².